The Morgan fingerprint density at radius 3 is 2.54 bits per heavy atom. The molecule has 0 unspecified atom stereocenters. The van der Waals surface area contributed by atoms with Crippen molar-refractivity contribution >= 4 is 28.8 Å². The van der Waals surface area contributed by atoms with Crippen LogP contribution in [0.25, 0.3) is 11.5 Å². The summed E-state index contributed by atoms with van der Waals surface area (Å²) in [5, 5.41) is 15.3. The Hall–Kier alpha value is -3.87. The number of ketones is 1. The quantitative estimate of drug-likeness (QED) is 0.681. The van der Waals surface area contributed by atoms with Gasteiger partial charge in [0.2, 0.25) is 12.1 Å². The first kappa shape index (κ1) is 17.5. The summed E-state index contributed by atoms with van der Waals surface area (Å²) >= 11 is 0. The Kier molecular flexibility index (Phi) is 4.41. The van der Waals surface area contributed by atoms with Crippen molar-refractivity contribution < 1.29 is 24.0 Å². The molecule has 0 saturated carbocycles. The summed E-state index contributed by atoms with van der Waals surface area (Å²) in [5.74, 6) is -0.157. The lowest BCUT2D eigenvalue weighted by atomic mass is 10.1. The fraction of sp³-hybridized carbons (Fsp3) is 0.0952. The SMILES string of the molecule is COc1ccc(NC(=O)C[n+]2ccn(C3=C([O-])c4ccccc4C3=O)c2)cc1. The molecule has 140 valence electrons. The second kappa shape index (κ2) is 7.03. The normalized spacial score (nSPS) is 12.8. The van der Waals surface area contributed by atoms with Crippen LogP contribution in [-0.2, 0) is 11.3 Å². The molecule has 0 fully saturated rings. The van der Waals surface area contributed by atoms with E-state index in [-0.39, 0.29) is 29.7 Å². The monoisotopic (exact) mass is 375 g/mol. The van der Waals surface area contributed by atoms with E-state index in [2.05, 4.69) is 5.32 Å². The summed E-state index contributed by atoms with van der Waals surface area (Å²) in [5.41, 5.74) is 1.52. The van der Waals surface area contributed by atoms with Gasteiger partial charge in [-0.05, 0) is 35.6 Å². The molecule has 0 atom stereocenters. The number of ether oxygens (including phenoxy) is 1. The average Bonchev–Trinajstić information content (AvgIpc) is 3.25. The van der Waals surface area contributed by atoms with Gasteiger partial charge in [0.15, 0.2) is 12.2 Å². The molecule has 7 nitrogen and oxygen atoms in total. The molecule has 0 radical (unpaired) electrons. The zero-order chi connectivity index (χ0) is 19.7. The van der Waals surface area contributed by atoms with E-state index in [9.17, 15) is 14.7 Å². The predicted octanol–water partition coefficient (Wildman–Crippen LogP) is 1.31. The summed E-state index contributed by atoms with van der Waals surface area (Å²) in [4.78, 5) is 24.8. The van der Waals surface area contributed by atoms with Crippen molar-refractivity contribution in [3.8, 4) is 5.75 Å². The van der Waals surface area contributed by atoms with Gasteiger partial charge in [-0.2, -0.15) is 4.57 Å². The van der Waals surface area contributed by atoms with E-state index in [4.69, 9.17) is 4.74 Å². The minimum atomic E-state index is -0.314. The number of carbonyl (C=O) groups is 2. The van der Waals surface area contributed by atoms with Crippen LogP contribution in [0.3, 0.4) is 0 Å². The molecule has 1 aliphatic carbocycles. The molecule has 4 rings (SSSR count). The van der Waals surface area contributed by atoms with Crippen molar-refractivity contribution in [2.75, 3.05) is 12.4 Å². The zero-order valence-corrected chi connectivity index (χ0v) is 15.1. The Morgan fingerprint density at radius 2 is 1.86 bits per heavy atom. The van der Waals surface area contributed by atoms with E-state index in [0.717, 1.165) is 0 Å². The first-order valence-electron chi connectivity index (χ1n) is 8.63. The Morgan fingerprint density at radius 1 is 1.14 bits per heavy atom. The number of hydrogen-bond acceptors (Lipinski definition) is 4. The number of rotatable bonds is 5. The van der Waals surface area contributed by atoms with Crippen molar-refractivity contribution in [2.45, 2.75) is 6.54 Å². The lowest BCUT2D eigenvalue weighted by Crippen LogP contribution is -2.38. The maximum absolute atomic E-state index is 12.6. The van der Waals surface area contributed by atoms with Crippen LogP contribution in [0.1, 0.15) is 15.9 Å². The molecular formula is C21H17N3O4. The number of nitrogens with one attached hydrogen (secondary N) is 1. The molecule has 0 bridgehead atoms. The molecule has 7 heteroatoms. The molecule has 0 aliphatic heterocycles. The van der Waals surface area contributed by atoms with Gasteiger partial charge < -0.3 is 15.2 Å². The molecule has 1 heterocycles. The second-order valence-electron chi connectivity index (χ2n) is 6.32. The smallest absolute Gasteiger partial charge is 0.266 e. The van der Waals surface area contributed by atoms with Crippen molar-refractivity contribution in [2.24, 2.45) is 0 Å². The van der Waals surface area contributed by atoms with Crippen LogP contribution in [0.2, 0.25) is 0 Å². The first-order chi connectivity index (χ1) is 13.6. The lowest BCUT2D eigenvalue weighted by Gasteiger charge is -2.07. The fourth-order valence-electron chi connectivity index (χ4n) is 3.13. The maximum Gasteiger partial charge on any atom is 0.266 e. The Bertz CT molecular complexity index is 1100. The second-order valence-corrected chi connectivity index (χ2v) is 6.32. The van der Waals surface area contributed by atoms with Crippen LogP contribution in [0.15, 0.2) is 67.3 Å². The van der Waals surface area contributed by atoms with Crippen LogP contribution in [0.4, 0.5) is 5.69 Å². The summed E-state index contributed by atoms with van der Waals surface area (Å²) in [6, 6.07) is 13.7. The number of methoxy groups -OCH3 is 1. The van der Waals surface area contributed by atoms with Crippen molar-refractivity contribution in [1.82, 2.24) is 4.57 Å². The highest BCUT2D eigenvalue weighted by molar-refractivity contribution is 6.34. The van der Waals surface area contributed by atoms with E-state index in [1.165, 1.54) is 4.57 Å². The number of allylic oxidation sites excluding steroid dienone is 1. The lowest BCUT2D eigenvalue weighted by molar-refractivity contribution is -0.683. The standard InChI is InChI=1S/C21H17N3O4/c1-28-15-8-6-14(7-9-15)22-18(25)12-23-10-11-24(13-23)19-20(26)16-4-2-3-5-17(16)21(19)27/h2-11,13H,12H2,1H3,(H-,22,25,26,27). The van der Waals surface area contributed by atoms with Gasteiger partial charge >= 0.3 is 0 Å². The van der Waals surface area contributed by atoms with Crippen LogP contribution in [0, 0.1) is 0 Å². The molecular weight excluding hydrogens is 358 g/mol. The van der Waals surface area contributed by atoms with Crippen LogP contribution < -0.4 is 19.7 Å². The third kappa shape index (κ3) is 3.14. The van der Waals surface area contributed by atoms with Gasteiger partial charge in [-0.1, -0.05) is 24.3 Å². The summed E-state index contributed by atoms with van der Waals surface area (Å²) in [6.07, 6.45) is 4.80. The number of imidazole rings is 1. The summed E-state index contributed by atoms with van der Waals surface area (Å²) < 4.78 is 8.16. The van der Waals surface area contributed by atoms with E-state index >= 15 is 0 Å². The van der Waals surface area contributed by atoms with Gasteiger partial charge in [0, 0.05) is 11.3 Å². The highest BCUT2D eigenvalue weighted by atomic mass is 16.5. The summed E-state index contributed by atoms with van der Waals surface area (Å²) in [7, 11) is 1.57. The molecule has 2 aromatic carbocycles. The van der Waals surface area contributed by atoms with Gasteiger partial charge in [0.25, 0.3) is 5.91 Å². The molecule has 1 aromatic heterocycles. The maximum atomic E-state index is 12.6. The van der Waals surface area contributed by atoms with Gasteiger partial charge in [-0.3, -0.25) is 9.59 Å². The minimum absolute atomic E-state index is 0.0433. The highest BCUT2D eigenvalue weighted by Crippen LogP contribution is 2.31. The van der Waals surface area contributed by atoms with Crippen LogP contribution in [-0.4, -0.2) is 23.4 Å². The predicted molar refractivity (Wildman–Crippen MR) is 100 cm³/mol. The number of hydrogen-bond donors (Lipinski definition) is 1. The summed E-state index contributed by atoms with van der Waals surface area (Å²) in [6.45, 7) is 0.0433. The van der Waals surface area contributed by atoms with Crippen LogP contribution >= 0.6 is 0 Å². The van der Waals surface area contributed by atoms with Gasteiger partial charge in [-0.15, -0.1) is 0 Å². The van der Waals surface area contributed by atoms with E-state index in [0.29, 0.717) is 22.6 Å². The number of Topliss-reactive ketones (excluding diaryl/α,β-unsaturated/α-hetero) is 1. The van der Waals surface area contributed by atoms with Crippen molar-refractivity contribution in [3.63, 3.8) is 0 Å². The van der Waals surface area contributed by atoms with Gasteiger partial charge in [-0.25, -0.2) is 4.57 Å². The van der Waals surface area contributed by atoms with Gasteiger partial charge in [0.05, 0.1) is 7.11 Å². The number of benzene rings is 2. The van der Waals surface area contributed by atoms with E-state index in [1.807, 2.05) is 0 Å². The Labute approximate surface area is 161 Å². The highest BCUT2D eigenvalue weighted by Gasteiger charge is 2.29. The van der Waals surface area contributed by atoms with E-state index in [1.54, 1.807) is 78.9 Å². The topological polar surface area (TPSA) is 87.3 Å². The van der Waals surface area contributed by atoms with E-state index < -0.39 is 0 Å². The molecule has 1 N–H and O–H groups in total. The largest absolute Gasteiger partial charge is 0.869 e. The number of nitrogens with zero attached hydrogens (tertiary/aromatic N) is 2. The molecule has 3 aromatic rings. The Balaban J connectivity index is 1.48. The van der Waals surface area contributed by atoms with Crippen molar-refractivity contribution in [3.05, 3.63) is 78.4 Å². The fourth-order valence-corrected chi connectivity index (χ4v) is 3.13. The molecule has 0 spiro atoms. The molecule has 1 amide bonds. The van der Waals surface area contributed by atoms with Crippen LogP contribution in [0.5, 0.6) is 5.75 Å². The number of carbonyl (C=O) groups excluding carboxylic acids is 2. The molecule has 0 saturated heterocycles. The number of fused-ring (bicyclic) bond motifs is 1. The van der Waals surface area contributed by atoms with Crippen molar-refractivity contribution in [1.29, 1.82) is 0 Å². The minimum Gasteiger partial charge on any atom is -0.869 e. The number of anilines is 1. The number of amides is 1. The average molecular weight is 375 g/mol. The molecule has 1 aliphatic rings. The number of aromatic nitrogens is 2. The zero-order valence-electron chi connectivity index (χ0n) is 15.1. The first-order valence-corrected chi connectivity index (χ1v) is 8.63. The third-order valence-electron chi connectivity index (χ3n) is 4.50. The third-order valence-corrected chi connectivity index (χ3v) is 4.50. The van der Waals surface area contributed by atoms with Gasteiger partial charge in [0.1, 0.15) is 18.1 Å². The molecule has 28 heavy (non-hydrogen) atoms.